The highest BCUT2D eigenvalue weighted by Gasteiger charge is 2.35. The molecule has 1 aromatic heterocycles. The van der Waals surface area contributed by atoms with Crippen molar-refractivity contribution >= 4 is 101 Å². The number of hydrogen-bond acceptors (Lipinski definition) is 20. The van der Waals surface area contributed by atoms with Crippen molar-refractivity contribution in [2.24, 2.45) is 22.4 Å². The predicted molar refractivity (Wildman–Crippen MR) is 300 cm³/mol. The molecule has 32 heteroatoms. The van der Waals surface area contributed by atoms with Crippen LogP contribution in [0.2, 0.25) is 0 Å². The predicted octanol–water partition coefficient (Wildman–Crippen LogP) is -6.87. The monoisotopic (exact) mass is 1170 g/mol. The van der Waals surface area contributed by atoms with E-state index in [-0.39, 0.29) is 44.1 Å². The molecule has 32 nitrogen and oxygen atoms in total. The molecule has 83 heavy (non-hydrogen) atoms. The van der Waals surface area contributed by atoms with Crippen LogP contribution in [0.4, 0.5) is 0 Å². The van der Waals surface area contributed by atoms with E-state index in [1.54, 1.807) is 26.1 Å². The van der Waals surface area contributed by atoms with Crippen molar-refractivity contribution in [3.05, 3.63) is 36.0 Å². The molecular weight excluding hydrogens is 1090 g/mol. The number of H-pyrrole nitrogens is 1. The first-order chi connectivity index (χ1) is 39.2. The number of guanidine groups is 1. The van der Waals surface area contributed by atoms with Crippen molar-refractivity contribution in [2.45, 2.75) is 160 Å². The van der Waals surface area contributed by atoms with E-state index in [9.17, 15) is 67.1 Å². The maximum atomic E-state index is 14.1. The summed E-state index contributed by atoms with van der Waals surface area (Å²) in [7, 11) is 1.25. The average Bonchev–Trinajstić information content (AvgIpc) is 3.88. The van der Waals surface area contributed by atoms with Crippen molar-refractivity contribution < 1.29 is 67.1 Å². The summed E-state index contributed by atoms with van der Waals surface area (Å²) in [5, 5.41) is 35.3. The molecule has 19 N–H and O–H groups in total. The second kappa shape index (κ2) is 36.0. The molecule has 0 spiro atoms. The number of hydrogen-bond donors (Lipinski definition) is 17. The fourth-order valence-corrected chi connectivity index (χ4v) is 7.72. The normalized spacial score (nSPS) is 15.8. The number of likely N-dealkylation sites (N-methyl/N-ethyl adjacent to an activating group) is 1. The number of fused-ring (bicyclic) bond motifs is 1. The zero-order valence-electron chi connectivity index (χ0n) is 47.7. The van der Waals surface area contributed by atoms with Gasteiger partial charge in [0.25, 0.3) is 29.5 Å². The minimum absolute atomic E-state index is 0.0378. The Bertz CT molecular complexity index is 2610. The van der Waals surface area contributed by atoms with Crippen LogP contribution in [-0.4, -0.2) is 188 Å². The molecule has 0 fully saturated rings. The summed E-state index contributed by atoms with van der Waals surface area (Å²) in [6.45, 7) is 11.2. The molecule has 0 saturated carbocycles. The molecule has 2 rings (SSSR count). The summed E-state index contributed by atoms with van der Waals surface area (Å²) in [6, 6.07) is -2.51. The van der Waals surface area contributed by atoms with E-state index in [1.165, 1.54) is 41.7 Å². The quantitative estimate of drug-likeness (QED) is 0.00972. The summed E-state index contributed by atoms with van der Waals surface area (Å²) in [4.78, 5) is 188. The van der Waals surface area contributed by atoms with Gasteiger partial charge in [0.2, 0.25) is 23.6 Å². The smallest absolute Gasteiger partial charge is 0.259 e. The number of rotatable bonds is 39. The molecule has 1 aromatic carbocycles. The molecule has 13 atom stereocenters. The van der Waals surface area contributed by atoms with Crippen molar-refractivity contribution in [1.29, 1.82) is 0 Å². The van der Waals surface area contributed by atoms with E-state index < -0.39 is 132 Å². The lowest BCUT2D eigenvalue weighted by Gasteiger charge is -2.30. The molecule has 0 aliphatic carbocycles. The number of nitrogens with one attached hydrogen (secondary N) is 15. The highest BCUT2D eigenvalue weighted by atomic mass is 16.2. The fourth-order valence-electron chi connectivity index (χ4n) is 7.72. The number of aromatic amines is 1. The van der Waals surface area contributed by atoms with Crippen LogP contribution in [0, 0.1) is 5.92 Å². The second-order valence-corrected chi connectivity index (χ2v) is 19.8. The average molecular weight is 1170 g/mol. The van der Waals surface area contributed by atoms with Gasteiger partial charge in [-0.2, -0.15) is 0 Å². The summed E-state index contributed by atoms with van der Waals surface area (Å²) < 4.78 is 0. The van der Waals surface area contributed by atoms with Crippen LogP contribution in [0.3, 0.4) is 0 Å². The fraction of sp³-hybridized carbons (Fsp3) is 0.549. The number of benzene rings is 1. The zero-order chi connectivity index (χ0) is 62.5. The summed E-state index contributed by atoms with van der Waals surface area (Å²) in [5.74, 6) is -9.18. The standard InChI is InChI=1S/C51H80N18O14/c1-25(2)17-34(23-73)63-42(50(83)68-38(46(79)54-9)62-33(22-72)13-12-16-55-51(52)53)69-49(82)40(58-27(4)21-71)66-45(78)29(6)60-47(80)39(57-26(3)20-70)65-44(77)30(7)61-48(81)41(67-43(76)28(5)59-31(8)75)64-35(24-74)18-32-19-56-37-15-11-10-14-36(32)37/h10-11,14-15,19-30,33-35,38-42,56-58,62-64H,12-13,16-18H2,1-9H3,(H,54,79)(H,59,75)(H,60,80)(H,61,81)(H,65,77)(H,66,78)(H,67,76)(H,68,83)(H,69,82)(H4,52,53,55)/t26-,27-,28-,29-,30-,33+,34+,35+,38-,39+,40+,41+,42-/m0/s1. The third kappa shape index (κ3) is 25.0. The Labute approximate surface area is 479 Å². The van der Waals surface area contributed by atoms with E-state index in [2.05, 4.69) is 84.4 Å². The Hall–Kier alpha value is -8.59. The van der Waals surface area contributed by atoms with Crippen molar-refractivity contribution in [2.75, 3.05) is 13.6 Å². The Morgan fingerprint density at radius 1 is 0.518 bits per heavy atom. The number of carbonyl (C=O) groups excluding carboxylic acids is 14. The Kier molecular flexibility index (Phi) is 30.6. The van der Waals surface area contributed by atoms with Gasteiger partial charge >= 0.3 is 0 Å². The number of nitrogens with two attached hydrogens (primary N) is 2. The molecule has 0 saturated heterocycles. The van der Waals surface area contributed by atoms with Crippen molar-refractivity contribution in [3.63, 3.8) is 0 Å². The summed E-state index contributed by atoms with van der Waals surface area (Å²) >= 11 is 0. The molecule has 0 bridgehead atoms. The van der Waals surface area contributed by atoms with Crippen molar-refractivity contribution in [1.82, 2.24) is 79.4 Å². The van der Waals surface area contributed by atoms with Gasteiger partial charge in [0, 0.05) is 37.6 Å². The van der Waals surface area contributed by atoms with Crippen LogP contribution >= 0.6 is 0 Å². The lowest BCUT2D eigenvalue weighted by Crippen LogP contribution is -2.68. The molecule has 0 radical (unpaired) electrons. The van der Waals surface area contributed by atoms with Gasteiger partial charge in [-0.05, 0) is 77.8 Å². The number of aliphatic imine (C=N–C) groups is 1. The molecule has 458 valence electrons. The molecule has 2 aromatic rings. The van der Waals surface area contributed by atoms with E-state index in [0.29, 0.717) is 37.0 Å². The van der Waals surface area contributed by atoms with Crippen LogP contribution in [0.5, 0.6) is 0 Å². The Balaban J connectivity index is 2.37. The van der Waals surface area contributed by atoms with Crippen LogP contribution in [0.25, 0.3) is 10.9 Å². The highest BCUT2D eigenvalue weighted by Crippen LogP contribution is 2.19. The number of amides is 9. The van der Waals surface area contributed by atoms with E-state index in [1.807, 2.05) is 18.2 Å². The molecule has 1 heterocycles. The number of carbonyl (C=O) groups is 14. The SMILES string of the molecule is CNC(=O)[C@H](NC(=O)[C@H](NC(=O)[C@@H](NC(=O)[C@H](C)NC(=O)[C@@H](NC(=O)[C@H](C)NC(=O)[C@@H](NC(=O)[C@H](C)NC(C)=O)N[C@@H](C=O)Cc1c[nH]c2ccccc12)N[C@@H](C)C=O)N[C@@H](C)C=O)N[C@@H](C=O)CC(C)C)N[C@@H](C=O)CCCN=C(N)N. The first kappa shape index (κ1) is 70.5. The van der Waals surface area contributed by atoms with Gasteiger partial charge in [0.15, 0.2) is 36.8 Å². The first-order valence-electron chi connectivity index (χ1n) is 26.5. The Morgan fingerprint density at radius 2 is 0.928 bits per heavy atom. The number of nitrogens with zero attached hydrogens (tertiary/aromatic N) is 1. The zero-order valence-corrected chi connectivity index (χ0v) is 47.7. The number of para-hydroxylation sites is 1. The van der Waals surface area contributed by atoms with Crippen LogP contribution in [-0.2, 0) is 73.5 Å². The van der Waals surface area contributed by atoms with Gasteiger partial charge in [0.05, 0.1) is 30.2 Å². The van der Waals surface area contributed by atoms with Gasteiger partial charge in [0.1, 0.15) is 49.6 Å². The van der Waals surface area contributed by atoms with Gasteiger partial charge < -0.3 is 88.3 Å². The second-order valence-electron chi connectivity index (χ2n) is 19.8. The third-order valence-electron chi connectivity index (χ3n) is 12.0. The van der Waals surface area contributed by atoms with Crippen LogP contribution in [0.1, 0.15) is 80.2 Å². The van der Waals surface area contributed by atoms with E-state index in [4.69, 9.17) is 11.5 Å². The summed E-state index contributed by atoms with van der Waals surface area (Å²) in [5.41, 5.74) is 12.2. The van der Waals surface area contributed by atoms with Gasteiger partial charge in [-0.1, -0.05) is 32.0 Å². The molecule has 0 aliphatic rings. The minimum Gasteiger partial charge on any atom is -0.370 e. The van der Waals surface area contributed by atoms with E-state index >= 15 is 0 Å². The Morgan fingerprint density at radius 3 is 1.36 bits per heavy atom. The largest absolute Gasteiger partial charge is 0.370 e. The maximum absolute atomic E-state index is 14.1. The molecule has 0 aliphatic heterocycles. The third-order valence-corrected chi connectivity index (χ3v) is 12.0. The van der Waals surface area contributed by atoms with Crippen LogP contribution in [0.15, 0.2) is 35.5 Å². The lowest BCUT2D eigenvalue weighted by atomic mass is 10.0. The maximum Gasteiger partial charge on any atom is 0.259 e. The molecule has 9 amide bonds. The topological polar surface area (TPSA) is 488 Å². The summed E-state index contributed by atoms with van der Waals surface area (Å²) in [6.07, 6.45) is -4.36. The highest BCUT2D eigenvalue weighted by molar-refractivity contribution is 5.98. The lowest BCUT2D eigenvalue weighted by molar-refractivity contribution is -0.137. The van der Waals surface area contributed by atoms with Crippen molar-refractivity contribution in [3.8, 4) is 0 Å². The van der Waals surface area contributed by atoms with Gasteiger partial charge in [-0.15, -0.1) is 0 Å². The minimum atomic E-state index is -1.88. The number of aldehydes is 5. The van der Waals surface area contributed by atoms with Gasteiger partial charge in [-0.25, -0.2) is 0 Å². The first-order valence-corrected chi connectivity index (χ1v) is 26.5. The number of aromatic nitrogens is 1. The molecular formula is C51H80N18O14. The molecule has 0 unspecified atom stereocenters. The van der Waals surface area contributed by atoms with Crippen LogP contribution < -0.4 is 85.9 Å². The van der Waals surface area contributed by atoms with Gasteiger partial charge in [-0.3, -0.25) is 74.7 Å². The van der Waals surface area contributed by atoms with E-state index in [0.717, 1.165) is 17.8 Å².